The summed E-state index contributed by atoms with van der Waals surface area (Å²) in [6.07, 6.45) is 0. The van der Waals surface area contributed by atoms with Gasteiger partial charge in [0.1, 0.15) is 11.5 Å². The monoisotopic (exact) mass is 362 g/mol. The van der Waals surface area contributed by atoms with Crippen molar-refractivity contribution in [3.63, 3.8) is 0 Å². The van der Waals surface area contributed by atoms with Gasteiger partial charge in [-0.1, -0.05) is 47.2 Å². The Balaban J connectivity index is 2.08. The van der Waals surface area contributed by atoms with Crippen LogP contribution in [0.25, 0.3) is 0 Å². The first-order valence-electron chi connectivity index (χ1n) is 7.25. The van der Waals surface area contributed by atoms with E-state index in [9.17, 15) is 16.8 Å². The van der Waals surface area contributed by atoms with E-state index >= 15 is 0 Å². The molecule has 0 N–H and O–H groups in total. The second-order valence-electron chi connectivity index (χ2n) is 5.50. The first kappa shape index (κ1) is 18.2. The molecule has 0 atom stereocenters. The molecule has 2 aromatic carbocycles. The highest BCUT2D eigenvalue weighted by Gasteiger charge is 2.14. The molecule has 2 aromatic rings. The Hall–Kier alpha value is -2.10. The molecule has 0 saturated carbocycles. The second-order valence-corrected chi connectivity index (χ2v) is 9.48. The lowest BCUT2D eigenvalue weighted by atomic mass is 10.2. The van der Waals surface area contributed by atoms with Gasteiger partial charge in [-0.15, -0.1) is 0 Å². The molecule has 24 heavy (non-hydrogen) atoms. The van der Waals surface area contributed by atoms with Gasteiger partial charge in [-0.05, 0) is 38.1 Å². The molecule has 0 saturated heterocycles. The number of hydrogen-bond acceptors (Lipinski definition) is 4. The Bertz CT molecular complexity index is 892. The minimum Gasteiger partial charge on any atom is -0.223 e. The molecule has 0 unspecified atom stereocenters. The van der Waals surface area contributed by atoms with Crippen molar-refractivity contribution < 1.29 is 16.8 Å². The Kier molecular flexibility index (Phi) is 5.47. The van der Waals surface area contributed by atoms with Crippen molar-refractivity contribution in [1.29, 1.82) is 0 Å². The lowest BCUT2D eigenvalue weighted by Gasteiger charge is -2.01. The van der Waals surface area contributed by atoms with Crippen LogP contribution in [-0.2, 0) is 19.7 Å². The molecule has 0 spiro atoms. The molecule has 0 aromatic heterocycles. The van der Waals surface area contributed by atoms with Crippen molar-refractivity contribution in [1.82, 2.24) is 0 Å². The van der Waals surface area contributed by atoms with E-state index in [0.29, 0.717) is 0 Å². The van der Waals surface area contributed by atoms with Crippen molar-refractivity contribution >= 4 is 19.7 Å². The van der Waals surface area contributed by atoms with E-state index in [-0.39, 0.29) is 9.79 Å². The summed E-state index contributed by atoms with van der Waals surface area (Å²) in [5.41, 5.74) is 1.92. The van der Waals surface area contributed by atoms with Gasteiger partial charge in [0.2, 0.25) is 0 Å². The maximum atomic E-state index is 12.1. The van der Waals surface area contributed by atoms with Gasteiger partial charge >= 0.3 is 0 Å². The minimum atomic E-state index is -3.53. The van der Waals surface area contributed by atoms with E-state index in [1.54, 1.807) is 24.3 Å². The van der Waals surface area contributed by atoms with Crippen LogP contribution in [-0.4, -0.2) is 28.3 Å². The molecule has 0 aliphatic carbocycles. The molecule has 0 aliphatic heterocycles. The molecule has 6 heteroatoms. The Morgan fingerprint density at radius 1 is 0.625 bits per heavy atom. The van der Waals surface area contributed by atoms with Gasteiger partial charge in [-0.3, -0.25) is 0 Å². The van der Waals surface area contributed by atoms with Gasteiger partial charge in [-0.2, -0.15) is 0 Å². The number of rotatable bonds is 4. The fourth-order valence-electron chi connectivity index (χ4n) is 1.95. The van der Waals surface area contributed by atoms with Crippen LogP contribution in [0.1, 0.15) is 11.1 Å². The van der Waals surface area contributed by atoms with E-state index in [2.05, 4.69) is 11.8 Å². The van der Waals surface area contributed by atoms with Crippen LogP contribution >= 0.6 is 0 Å². The van der Waals surface area contributed by atoms with Crippen molar-refractivity contribution in [3.05, 3.63) is 59.7 Å². The summed E-state index contributed by atoms with van der Waals surface area (Å²) in [5.74, 6) is 4.11. The second kappa shape index (κ2) is 7.20. The van der Waals surface area contributed by atoms with Crippen LogP contribution in [0.2, 0.25) is 0 Å². The van der Waals surface area contributed by atoms with Crippen LogP contribution in [0.4, 0.5) is 0 Å². The van der Waals surface area contributed by atoms with Crippen LogP contribution in [0.15, 0.2) is 58.3 Å². The van der Waals surface area contributed by atoms with Crippen LogP contribution in [0.3, 0.4) is 0 Å². The zero-order valence-electron chi connectivity index (χ0n) is 13.5. The number of sulfone groups is 2. The highest BCUT2D eigenvalue weighted by Crippen LogP contribution is 2.13. The van der Waals surface area contributed by atoms with Crippen LogP contribution < -0.4 is 0 Å². The molecular formula is C18H18O4S2. The SMILES string of the molecule is Cc1ccc(S(=O)(=O)CC#CCS(=O)(=O)c2ccc(C)cc2)cc1. The molecule has 126 valence electrons. The van der Waals surface area contributed by atoms with E-state index in [0.717, 1.165) is 11.1 Å². The van der Waals surface area contributed by atoms with Crippen molar-refractivity contribution in [2.24, 2.45) is 0 Å². The van der Waals surface area contributed by atoms with Gasteiger partial charge < -0.3 is 0 Å². The average molecular weight is 362 g/mol. The summed E-state index contributed by atoms with van der Waals surface area (Å²) in [6.45, 7) is 3.73. The smallest absolute Gasteiger partial charge is 0.189 e. The average Bonchev–Trinajstić information content (AvgIpc) is 2.52. The van der Waals surface area contributed by atoms with E-state index in [1.807, 2.05) is 13.8 Å². The third-order valence-electron chi connectivity index (χ3n) is 3.41. The number of aryl methyl sites for hydroxylation is 2. The molecule has 0 fully saturated rings. The van der Waals surface area contributed by atoms with Gasteiger partial charge in [-0.25, -0.2) is 16.8 Å². The fraction of sp³-hybridized carbons (Fsp3) is 0.222. The molecule has 2 rings (SSSR count). The summed E-state index contributed by atoms with van der Waals surface area (Å²) in [5, 5.41) is 0. The summed E-state index contributed by atoms with van der Waals surface area (Å²) >= 11 is 0. The van der Waals surface area contributed by atoms with Gasteiger partial charge in [0.05, 0.1) is 9.79 Å². The lowest BCUT2D eigenvalue weighted by Crippen LogP contribution is -2.07. The van der Waals surface area contributed by atoms with Crippen LogP contribution in [0, 0.1) is 25.7 Å². The van der Waals surface area contributed by atoms with Gasteiger partial charge in [0.25, 0.3) is 0 Å². The maximum absolute atomic E-state index is 12.1. The third-order valence-corrected chi connectivity index (χ3v) is 6.44. The first-order chi connectivity index (χ1) is 11.2. The topological polar surface area (TPSA) is 68.3 Å². The number of hydrogen-bond donors (Lipinski definition) is 0. The normalized spacial score (nSPS) is 11.6. The largest absolute Gasteiger partial charge is 0.223 e. The molecule has 0 bridgehead atoms. The van der Waals surface area contributed by atoms with Gasteiger partial charge in [0.15, 0.2) is 19.7 Å². The predicted octanol–water partition coefficient (Wildman–Crippen LogP) is 2.55. The summed E-state index contributed by atoms with van der Waals surface area (Å²) in [4.78, 5) is 0.368. The zero-order valence-corrected chi connectivity index (χ0v) is 15.1. The molecule has 4 nitrogen and oxygen atoms in total. The molecular weight excluding hydrogens is 344 g/mol. The highest BCUT2D eigenvalue weighted by atomic mass is 32.2. The summed E-state index contributed by atoms with van der Waals surface area (Å²) in [7, 11) is -7.07. The van der Waals surface area contributed by atoms with E-state index in [4.69, 9.17) is 0 Å². The standard InChI is InChI=1S/C18H18O4S2/c1-15-5-9-17(10-6-15)23(19,20)13-3-4-14-24(21,22)18-11-7-16(2)8-12-18/h5-12H,13-14H2,1-2H3. The Labute approximate surface area is 143 Å². The zero-order chi connectivity index (χ0) is 17.8. The Morgan fingerprint density at radius 3 is 1.21 bits per heavy atom. The quantitative estimate of drug-likeness (QED) is 0.784. The lowest BCUT2D eigenvalue weighted by molar-refractivity contribution is 0.597. The van der Waals surface area contributed by atoms with Crippen LogP contribution in [0.5, 0.6) is 0 Å². The fourth-order valence-corrected chi connectivity index (χ4v) is 3.97. The van der Waals surface area contributed by atoms with Crippen molar-refractivity contribution in [3.8, 4) is 11.8 Å². The highest BCUT2D eigenvalue weighted by molar-refractivity contribution is 7.92. The Morgan fingerprint density at radius 2 is 0.917 bits per heavy atom. The van der Waals surface area contributed by atoms with Gasteiger partial charge in [0, 0.05) is 0 Å². The van der Waals surface area contributed by atoms with Crippen molar-refractivity contribution in [2.75, 3.05) is 11.5 Å². The first-order valence-corrected chi connectivity index (χ1v) is 10.6. The molecule has 0 aliphatic rings. The third kappa shape index (κ3) is 4.70. The van der Waals surface area contributed by atoms with E-state index in [1.165, 1.54) is 24.3 Å². The summed E-state index contributed by atoms with van der Waals surface area (Å²) in [6, 6.07) is 12.9. The van der Waals surface area contributed by atoms with E-state index < -0.39 is 31.2 Å². The summed E-state index contributed by atoms with van der Waals surface area (Å²) < 4.78 is 48.5. The molecule has 0 heterocycles. The molecule has 0 amide bonds. The molecule has 0 radical (unpaired) electrons. The minimum absolute atomic E-state index is 0.184. The number of benzene rings is 2. The maximum Gasteiger partial charge on any atom is 0.189 e. The predicted molar refractivity (Wildman–Crippen MR) is 94.2 cm³/mol. The van der Waals surface area contributed by atoms with Crippen molar-refractivity contribution in [2.45, 2.75) is 23.6 Å².